The van der Waals surface area contributed by atoms with Gasteiger partial charge in [-0.3, -0.25) is 9.59 Å². The van der Waals surface area contributed by atoms with Gasteiger partial charge < -0.3 is 10.1 Å². The molecule has 0 aromatic carbocycles. The van der Waals surface area contributed by atoms with Crippen LogP contribution in [0.4, 0.5) is 0 Å². The molecule has 6 nitrogen and oxygen atoms in total. The molecule has 0 rings (SSSR count). The normalized spacial score (nSPS) is 13.4. The summed E-state index contributed by atoms with van der Waals surface area (Å²) in [4.78, 5) is 22.8. The Morgan fingerprint density at radius 3 is 2.22 bits per heavy atom. The van der Waals surface area contributed by atoms with Crippen molar-refractivity contribution >= 4 is 21.5 Å². The molecule has 0 radical (unpaired) electrons. The SMILES string of the molecule is COCCS(=O)(=O)CC(=O)NC(C(C)=O)C(C)C. The minimum absolute atomic E-state index is 0.0515. The zero-order valence-corrected chi connectivity index (χ0v) is 12.0. The highest BCUT2D eigenvalue weighted by atomic mass is 32.2. The van der Waals surface area contributed by atoms with Crippen LogP contribution in [0.5, 0.6) is 0 Å². The topological polar surface area (TPSA) is 89.5 Å². The summed E-state index contributed by atoms with van der Waals surface area (Å²) in [6, 6.07) is -0.643. The fourth-order valence-corrected chi connectivity index (χ4v) is 2.48. The van der Waals surface area contributed by atoms with Crippen LogP contribution in [0.15, 0.2) is 0 Å². The summed E-state index contributed by atoms with van der Waals surface area (Å²) >= 11 is 0. The molecular weight excluding hydrogens is 258 g/mol. The van der Waals surface area contributed by atoms with Crippen LogP contribution < -0.4 is 5.32 Å². The average molecular weight is 279 g/mol. The van der Waals surface area contributed by atoms with Crippen molar-refractivity contribution in [2.24, 2.45) is 5.92 Å². The molecule has 0 saturated carbocycles. The molecule has 1 atom stereocenters. The molecule has 7 heteroatoms. The average Bonchev–Trinajstić information content (AvgIpc) is 2.21. The first kappa shape index (κ1) is 17.1. The maximum atomic E-state index is 11.6. The van der Waals surface area contributed by atoms with Crippen molar-refractivity contribution in [2.45, 2.75) is 26.8 Å². The van der Waals surface area contributed by atoms with Crippen molar-refractivity contribution in [2.75, 3.05) is 25.2 Å². The minimum Gasteiger partial charge on any atom is -0.384 e. The number of rotatable bonds is 8. The molecule has 1 N–H and O–H groups in total. The van der Waals surface area contributed by atoms with Crippen molar-refractivity contribution in [3.05, 3.63) is 0 Å². The van der Waals surface area contributed by atoms with Gasteiger partial charge >= 0.3 is 0 Å². The summed E-state index contributed by atoms with van der Waals surface area (Å²) in [6.45, 7) is 4.98. The fraction of sp³-hybridized carbons (Fsp3) is 0.818. The van der Waals surface area contributed by atoms with Crippen molar-refractivity contribution in [1.29, 1.82) is 0 Å². The first-order valence-corrected chi connectivity index (χ1v) is 7.51. The molecule has 0 aromatic heterocycles. The second-order valence-electron chi connectivity index (χ2n) is 4.48. The number of ketones is 1. The van der Waals surface area contributed by atoms with Gasteiger partial charge in [-0.2, -0.15) is 0 Å². The van der Waals surface area contributed by atoms with Gasteiger partial charge in [0.05, 0.1) is 18.4 Å². The number of ether oxygens (including phenoxy) is 1. The Morgan fingerprint density at radius 1 is 1.28 bits per heavy atom. The molecule has 0 saturated heterocycles. The summed E-state index contributed by atoms with van der Waals surface area (Å²) in [5.41, 5.74) is 0. The summed E-state index contributed by atoms with van der Waals surface area (Å²) < 4.78 is 27.6. The van der Waals surface area contributed by atoms with E-state index < -0.39 is 27.5 Å². The third kappa shape index (κ3) is 6.70. The van der Waals surface area contributed by atoms with Crippen LogP contribution in [0.2, 0.25) is 0 Å². The predicted octanol–water partition coefficient (Wildman–Crippen LogP) is -0.223. The summed E-state index contributed by atoms with van der Waals surface area (Å²) in [5, 5.41) is 2.44. The molecule has 0 aliphatic rings. The van der Waals surface area contributed by atoms with Gasteiger partial charge in [-0.15, -0.1) is 0 Å². The molecule has 106 valence electrons. The maximum Gasteiger partial charge on any atom is 0.235 e. The number of hydrogen-bond acceptors (Lipinski definition) is 5. The lowest BCUT2D eigenvalue weighted by Gasteiger charge is -2.19. The van der Waals surface area contributed by atoms with Gasteiger partial charge in [-0.1, -0.05) is 13.8 Å². The van der Waals surface area contributed by atoms with E-state index in [-0.39, 0.29) is 24.1 Å². The van der Waals surface area contributed by atoms with Crippen LogP contribution in [0.25, 0.3) is 0 Å². The molecule has 18 heavy (non-hydrogen) atoms. The van der Waals surface area contributed by atoms with Crippen LogP contribution in [0.1, 0.15) is 20.8 Å². The second kappa shape index (κ2) is 7.48. The largest absolute Gasteiger partial charge is 0.384 e. The van der Waals surface area contributed by atoms with Gasteiger partial charge in [0.1, 0.15) is 5.75 Å². The smallest absolute Gasteiger partial charge is 0.235 e. The lowest BCUT2D eigenvalue weighted by molar-refractivity contribution is -0.126. The summed E-state index contributed by atoms with van der Waals surface area (Å²) in [5.74, 6) is -1.74. The Labute approximate surface area is 108 Å². The zero-order chi connectivity index (χ0) is 14.3. The van der Waals surface area contributed by atoms with Crippen molar-refractivity contribution in [1.82, 2.24) is 5.32 Å². The molecule has 1 unspecified atom stereocenters. The van der Waals surface area contributed by atoms with E-state index in [1.165, 1.54) is 14.0 Å². The van der Waals surface area contributed by atoms with Crippen LogP contribution in [-0.4, -0.2) is 51.4 Å². The molecule has 0 aromatic rings. The lowest BCUT2D eigenvalue weighted by Crippen LogP contribution is -2.45. The standard InChI is InChI=1S/C11H21NO5S/c1-8(2)11(9(3)13)12-10(14)7-18(15,16)6-5-17-4/h8,11H,5-7H2,1-4H3,(H,12,14). The fourth-order valence-electron chi connectivity index (χ4n) is 1.44. The number of carbonyl (C=O) groups is 2. The Kier molecular flexibility index (Phi) is 7.08. The van der Waals surface area contributed by atoms with Crippen LogP contribution in [0.3, 0.4) is 0 Å². The molecular formula is C11H21NO5S. The lowest BCUT2D eigenvalue weighted by atomic mass is 10.0. The van der Waals surface area contributed by atoms with Crippen LogP contribution >= 0.6 is 0 Å². The highest BCUT2D eigenvalue weighted by Crippen LogP contribution is 2.03. The molecule has 0 heterocycles. The number of hydrogen-bond donors (Lipinski definition) is 1. The van der Waals surface area contributed by atoms with E-state index in [0.717, 1.165) is 0 Å². The third-order valence-electron chi connectivity index (χ3n) is 2.37. The van der Waals surface area contributed by atoms with Gasteiger partial charge in [0, 0.05) is 7.11 Å². The maximum absolute atomic E-state index is 11.6. The third-order valence-corrected chi connectivity index (χ3v) is 3.86. The van der Waals surface area contributed by atoms with E-state index in [9.17, 15) is 18.0 Å². The molecule has 0 fully saturated rings. The molecule has 0 aliphatic carbocycles. The van der Waals surface area contributed by atoms with E-state index in [0.29, 0.717) is 0 Å². The Bertz CT molecular complexity index is 388. The number of Topliss-reactive ketones (excluding diaryl/α,β-unsaturated/α-hetero) is 1. The Hall–Kier alpha value is -0.950. The summed E-state index contributed by atoms with van der Waals surface area (Å²) in [7, 11) is -2.10. The number of carbonyl (C=O) groups excluding carboxylic acids is 2. The highest BCUT2D eigenvalue weighted by molar-refractivity contribution is 7.92. The van der Waals surface area contributed by atoms with Gasteiger partial charge in [0.15, 0.2) is 15.6 Å². The van der Waals surface area contributed by atoms with E-state index in [2.05, 4.69) is 10.1 Å². The number of sulfone groups is 1. The Balaban J connectivity index is 4.46. The second-order valence-corrected chi connectivity index (χ2v) is 6.67. The van der Waals surface area contributed by atoms with Crippen LogP contribution in [0, 0.1) is 5.92 Å². The summed E-state index contributed by atoms with van der Waals surface area (Å²) in [6.07, 6.45) is 0. The quantitative estimate of drug-likeness (QED) is 0.663. The van der Waals surface area contributed by atoms with Gasteiger partial charge in [0.25, 0.3) is 0 Å². The van der Waals surface area contributed by atoms with E-state index in [1.807, 2.05) is 0 Å². The number of amides is 1. The van der Waals surface area contributed by atoms with E-state index in [1.54, 1.807) is 13.8 Å². The highest BCUT2D eigenvalue weighted by Gasteiger charge is 2.23. The molecule has 0 bridgehead atoms. The monoisotopic (exact) mass is 279 g/mol. The van der Waals surface area contributed by atoms with Gasteiger partial charge in [-0.25, -0.2) is 8.42 Å². The Morgan fingerprint density at radius 2 is 1.83 bits per heavy atom. The molecule has 0 aliphatic heterocycles. The minimum atomic E-state index is -3.49. The van der Waals surface area contributed by atoms with E-state index in [4.69, 9.17) is 0 Å². The van der Waals surface area contributed by atoms with Gasteiger partial charge in [0.2, 0.25) is 5.91 Å². The van der Waals surface area contributed by atoms with E-state index >= 15 is 0 Å². The molecule has 0 spiro atoms. The van der Waals surface area contributed by atoms with Crippen molar-refractivity contribution in [3.63, 3.8) is 0 Å². The van der Waals surface area contributed by atoms with Gasteiger partial charge in [-0.05, 0) is 12.8 Å². The zero-order valence-electron chi connectivity index (χ0n) is 11.2. The first-order chi connectivity index (χ1) is 8.19. The predicted molar refractivity (Wildman–Crippen MR) is 68.0 cm³/mol. The van der Waals surface area contributed by atoms with Crippen molar-refractivity contribution in [3.8, 4) is 0 Å². The first-order valence-electron chi connectivity index (χ1n) is 5.68. The number of methoxy groups -OCH3 is 1. The van der Waals surface area contributed by atoms with Crippen LogP contribution in [-0.2, 0) is 24.2 Å². The number of nitrogens with one attached hydrogen (secondary N) is 1. The molecule has 1 amide bonds. The van der Waals surface area contributed by atoms with Crippen molar-refractivity contribution < 1.29 is 22.7 Å².